The van der Waals surface area contributed by atoms with Crippen LogP contribution in [0.3, 0.4) is 0 Å². The van der Waals surface area contributed by atoms with Crippen LogP contribution in [-0.4, -0.2) is 23.5 Å². The van der Waals surface area contributed by atoms with Gasteiger partial charge in [-0.25, -0.2) is 9.78 Å². The van der Waals surface area contributed by atoms with Crippen LogP contribution in [-0.2, 0) is 9.53 Å². The number of anilines is 1. The fourth-order valence-electron chi connectivity index (χ4n) is 2.63. The van der Waals surface area contributed by atoms with E-state index in [2.05, 4.69) is 10.3 Å². The van der Waals surface area contributed by atoms with E-state index in [0.29, 0.717) is 28.1 Å². The molecule has 4 aromatic rings. The molecule has 1 N–H and O–H groups in total. The van der Waals surface area contributed by atoms with E-state index < -0.39 is 18.5 Å². The van der Waals surface area contributed by atoms with Crippen molar-refractivity contribution < 1.29 is 23.5 Å². The molecule has 0 fully saturated rings. The number of oxazole rings is 1. The number of ether oxygens (including phenoxy) is 2. The maximum Gasteiger partial charge on any atom is 0.338 e. The number of hydrogen-bond acceptors (Lipinski definition) is 6. The monoisotopic (exact) mass is 388 g/mol. The summed E-state index contributed by atoms with van der Waals surface area (Å²) in [6, 6.07) is 21.0. The number of hydrogen-bond donors (Lipinski definition) is 1. The number of para-hydroxylation sites is 1. The Morgan fingerprint density at radius 1 is 0.931 bits per heavy atom. The maximum atomic E-state index is 12.1. The number of nitrogens with zero attached hydrogens (tertiary/aromatic N) is 1. The molecule has 1 amide bonds. The number of benzene rings is 3. The van der Waals surface area contributed by atoms with Gasteiger partial charge in [-0.3, -0.25) is 4.79 Å². The second-order valence-electron chi connectivity index (χ2n) is 6.10. The summed E-state index contributed by atoms with van der Waals surface area (Å²) in [6.07, 6.45) is 1.30. The Balaban J connectivity index is 1.29. The van der Waals surface area contributed by atoms with E-state index in [1.54, 1.807) is 42.5 Å². The zero-order valence-corrected chi connectivity index (χ0v) is 15.2. The lowest BCUT2D eigenvalue weighted by molar-refractivity contribution is -0.119. The van der Waals surface area contributed by atoms with Crippen LogP contribution in [0, 0.1) is 0 Å². The van der Waals surface area contributed by atoms with Crippen LogP contribution in [0.25, 0.3) is 11.1 Å². The highest BCUT2D eigenvalue weighted by Gasteiger charge is 2.12. The third kappa shape index (κ3) is 4.59. The lowest BCUT2D eigenvalue weighted by atomic mass is 10.2. The van der Waals surface area contributed by atoms with Crippen LogP contribution in [0.1, 0.15) is 10.4 Å². The number of amides is 1. The first-order valence-electron chi connectivity index (χ1n) is 8.80. The van der Waals surface area contributed by atoms with E-state index in [4.69, 9.17) is 13.9 Å². The lowest BCUT2D eigenvalue weighted by Gasteiger charge is -2.08. The largest absolute Gasteiger partial charge is 0.457 e. The first-order valence-corrected chi connectivity index (χ1v) is 8.80. The second-order valence-corrected chi connectivity index (χ2v) is 6.10. The van der Waals surface area contributed by atoms with Gasteiger partial charge < -0.3 is 19.2 Å². The molecule has 1 aromatic heterocycles. The third-order valence-electron chi connectivity index (χ3n) is 4.02. The number of carbonyl (C=O) groups excluding carboxylic acids is 2. The highest BCUT2D eigenvalue weighted by atomic mass is 16.5. The highest BCUT2D eigenvalue weighted by molar-refractivity contribution is 5.96. The summed E-state index contributed by atoms with van der Waals surface area (Å²) in [6.45, 7) is -0.405. The van der Waals surface area contributed by atoms with Gasteiger partial charge in [0.25, 0.3) is 5.91 Å². The number of rotatable bonds is 6. The third-order valence-corrected chi connectivity index (χ3v) is 4.02. The molecule has 0 aliphatic carbocycles. The van der Waals surface area contributed by atoms with Gasteiger partial charge in [-0.05, 0) is 54.6 Å². The molecule has 7 heteroatoms. The number of esters is 1. The summed E-state index contributed by atoms with van der Waals surface area (Å²) in [5.41, 5.74) is 1.97. The van der Waals surface area contributed by atoms with Gasteiger partial charge in [0.05, 0.1) is 5.56 Å². The Kier molecular flexibility index (Phi) is 5.20. The molecule has 0 aliphatic rings. The molecule has 0 bridgehead atoms. The van der Waals surface area contributed by atoms with Gasteiger partial charge in [0.2, 0.25) is 0 Å². The predicted octanol–water partition coefficient (Wildman–Crippen LogP) is 4.42. The molecule has 0 radical (unpaired) electrons. The zero-order valence-electron chi connectivity index (χ0n) is 15.2. The first-order chi connectivity index (χ1) is 14.2. The molecule has 29 heavy (non-hydrogen) atoms. The van der Waals surface area contributed by atoms with E-state index in [0.717, 1.165) is 5.75 Å². The fraction of sp³-hybridized carbons (Fsp3) is 0.0455. The molecule has 1 heterocycles. The summed E-state index contributed by atoms with van der Waals surface area (Å²) in [5.74, 6) is 0.304. The molecular formula is C22H16N2O5. The summed E-state index contributed by atoms with van der Waals surface area (Å²) < 4.78 is 15.9. The minimum absolute atomic E-state index is 0.293. The molecule has 0 unspecified atom stereocenters. The van der Waals surface area contributed by atoms with Crippen molar-refractivity contribution in [3.63, 3.8) is 0 Å². The topological polar surface area (TPSA) is 90.7 Å². The number of fused-ring (bicyclic) bond motifs is 1. The van der Waals surface area contributed by atoms with Crippen molar-refractivity contribution in [2.24, 2.45) is 0 Å². The molecule has 0 saturated carbocycles. The summed E-state index contributed by atoms with van der Waals surface area (Å²) in [5, 5.41) is 2.67. The van der Waals surface area contributed by atoms with Crippen molar-refractivity contribution in [1.29, 1.82) is 0 Å². The van der Waals surface area contributed by atoms with Gasteiger partial charge in [0.15, 0.2) is 18.6 Å². The van der Waals surface area contributed by atoms with Gasteiger partial charge in [0.1, 0.15) is 17.0 Å². The molecule has 3 aromatic carbocycles. The minimum Gasteiger partial charge on any atom is -0.457 e. The summed E-state index contributed by atoms with van der Waals surface area (Å²) in [7, 11) is 0. The van der Waals surface area contributed by atoms with Crippen LogP contribution in [0.2, 0.25) is 0 Å². The summed E-state index contributed by atoms with van der Waals surface area (Å²) in [4.78, 5) is 28.1. The molecule has 144 valence electrons. The Labute approximate surface area is 165 Å². The van der Waals surface area contributed by atoms with Crippen LogP contribution in [0.4, 0.5) is 5.69 Å². The van der Waals surface area contributed by atoms with Crippen molar-refractivity contribution in [3.05, 3.63) is 84.8 Å². The number of nitrogens with one attached hydrogen (secondary N) is 1. The van der Waals surface area contributed by atoms with E-state index in [1.807, 2.05) is 30.3 Å². The van der Waals surface area contributed by atoms with Gasteiger partial charge in [-0.1, -0.05) is 18.2 Å². The van der Waals surface area contributed by atoms with E-state index in [1.165, 1.54) is 6.39 Å². The van der Waals surface area contributed by atoms with Crippen molar-refractivity contribution in [3.8, 4) is 11.5 Å². The van der Waals surface area contributed by atoms with Gasteiger partial charge in [-0.15, -0.1) is 0 Å². The van der Waals surface area contributed by atoms with Crippen molar-refractivity contribution in [2.45, 2.75) is 0 Å². The molecule has 0 saturated heterocycles. The minimum atomic E-state index is -0.614. The van der Waals surface area contributed by atoms with Crippen molar-refractivity contribution in [2.75, 3.05) is 11.9 Å². The lowest BCUT2D eigenvalue weighted by Crippen LogP contribution is -2.20. The molecule has 0 atom stereocenters. The molecule has 0 aliphatic heterocycles. The molecule has 0 spiro atoms. The average Bonchev–Trinajstić information content (AvgIpc) is 3.22. The first kappa shape index (κ1) is 18.2. The molecule has 4 rings (SSSR count). The normalized spacial score (nSPS) is 10.5. The second kappa shape index (κ2) is 8.26. The van der Waals surface area contributed by atoms with Crippen molar-refractivity contribution >= 4 is 28.7 Å². The predicted molar refractivity (Wildman–Crippen MR) is 106 cm³/mol. The standard InChI is InChI=1S/C22H16N2O5/c25-21(13-27-22(26)15-6-11-20-19(12-15)23-14-28-20)24-16-7-9-18(10-8-16)29-17-4-2-1-3-5-17/h1-12,14H,13H2,(H,24,25). The highest BCUT2D eigenvalue weighted by Crippen LogP contribution is 2.22. The zero-order chi connectivity index (χ0) is 20.1. The SMILES string of the molecule is O=C(COC(=O)c1ccc2ocnc2c1)Nc1ccc(Oc2ccccc2)cc1. The Morgan fingerprint density at radius 3 is 2.48 bits per heavy atom. The Hall–Kier alpha value is -4.13. The smallest absolute Gasteiger partial charge is 0.338 e. The van der Waals surface area contributed by atoms with Crippen LogP contribution in [0.5, 0.6) is 11.5 Å². The number of carbonyl (C=O) groups is 2. The molecular weight excluding hydrogens is 372 g/mol. The van der Waals surface area contributed by atoms with Crippen molar-refractivity contribution in [1.82, 2.24) is 4.98 Å². The fourth-order valence-corrected chi connectivity index (χ4v) is 2.63. The van der Waals surface area contributed by atoms with Crippen LogP contribution >= 0.6 is 0 Å². The van der Waals surface area contributed by atoms with Gasteiger partial charge in [-0.2, -0.15) is 0 Å². The van der Waals surface area contributed by atoms with Gasteiger partial charge in [0, 0.05) is 5.69 Å². The maximum absolute atomic E-state index is 12.1. The molecule has 7 nitrogen and oxygen atoms in total. The Morgan fingerprint density at radius 2 is 1.69 bits per heavy atom. The average molecular weight is 388 g/mol. The van der Waals surface area contributed by atoms with E-state index >= 15 is 0 Å². The quantitative estimate of drug-likeness (QED) is 0.492. The van der Waals surface area contributed by atoms with Crippen LogP contribution < -0.4 is 10.1 Å². The number of aromatic nitrogens is 1. The van der Waals surface area contributed by atoms with Crippen LogP contribution in [0.15, 0.2) is 83.6 Å². The van der Waals surface area contributed by atoms with Gasteiger partial charge >= 0.3 is 5.97 Å². The van der Waals surface area contributed by atoms with E-state index in [9.17, 15) is 9.59 Å². The Bertz CT molecular complexity index is 1140. The van der Waals surface area contributed by atoms with E-state index in [-0.39, 0.29) is 0 Å². The summed E-state index contributed by atoms with van der Waals surface area (Å²) >= 11 is 0.